The molecular formula is C17H20N2OS. The van der Waals surface area contributed by atoms with E-state index in [2.05, 4.69) is 41.0 Å². The second-order valence-corrected chi connectivity index (χ2v) is 6.39. The molecule has 0 radical (unpaired) electrons. The highest BCUT2D eigenvalue weighted by molar-refractivity contribution is 7.17. The molecule has 3 rings (SSSR count). The molecular weight excluding hydrogens is 280 g/mol. The lowest BCUT2D eigenvalue weighted by molar-refractivity contribution is 0.0957. The van der Waals surface area contributed by atoms with Gasteiger partial charge in [0.1, 0.15) is 0 Å². The van der Waals surface area contributed by atoms with Crippen LogP contribution in [0.2, 0.25) is 0 Å². The molecule has 0 saturated heterocycles. The maximum absolute atomic E-state index is 12.2. The number of hydrogen-bond donors (Lipinski definition) is 2. The number of fused-ring (bicyclic) bond motifs is 3. The Kier molecular flexibility index (Phi) is 4.36. The van der Waals surface area contributed by atoms with Crippen LogP contribution in [0, 0.1) is 0 Å². The number of rotatable bonds is 5. The first-order chi connectivity index (χ1) is 10.3. The first kappa shape index (κ1) is 14.3. The van der Waals surface area contributed by atoms with Crippen LogP contribution in [-0.4, -0.2) is 26.0 Å². The summed E-state index contributed by atoms with van der Waals surface area (Å²) < 4.78 is 0. The van der Waals surface area contributed by atoms with Crippen LogP contribution in [0.5, 0.6) is 0 Å². The van der Waals surface area contributed by atoms with Gasteiger partial charge in [0.25, 0.3) is 5.91 Å². The average Bonchev–Trinajstić information content (AvgIpc) is 2.96. The Morgan fingerprint density at radius 1 is 1.19 bits per heavy atom. The number of nitrogens with one attached hydrogen (secondary N) is 2. The summed E-state index contributed by atoms with van der Waals surface area (Å²) in [6, 6.07) is 10.6. The van der Waals surface area contributed by atoms with Crippen LogP contribution in [0.1, 0.15) is 27.2 Å². The highest BCUT2D eigenvalue weighted by atomic mass is 32.1. The molecule has 110 valence electrons. The van der Waals surface area contributed by atoms with E-state index in [1.165, 1.54) is 21.6 Å². The minimum atomic E-state index is 0.0583. The van der Waals surface area contributed by atoms with E-state index in [0.29, 0.717) is 0 Å². The molecule has 2 N–H and O–H groups in total. The van der Waals surface area contributed by atoms with Crippen LogP contribution in [0.3, 0.4) is 0 Å². The molecule has 0 unspecified atom stereocenters. The summed E-state index contributed by atoms with van der Waals surface area (Å²) in [5.74, 6) is 0.0583. The molecule has 1 aliphatic rings. The first-order valence-electron chi connectivity index (χ1n) is 7.43. The van der Waals surface area contributed by atoms with Crippen LogP contribution >= 0.6 is 11.3 Å². The Morgan fingerprint density at radius 3 is 2.86 bits per heavy atom. The number of hydrogen-bond acceptors (Lipinski definition) is 3. The zero-order valence-electron chi connectivity index (χ0n) is 12.2. The van der Waals surface area contributed by atoms with Crippen LogP contribution in [0.25, 0.3) is 10.4 Å². The van der Waals surface area contributed by atoms with Crippen molar-refractivity contribution >= 4 is 17.2 Å². The Labute approximate surface area is 129 Å². The molecule has 4 heteroatoms. The molecule has 1 aromatic heterocycles. The quantitative estimate of drug-likeness (QED) is 0.834. The molecule has 21 heavy (non-hydrogen) atoms. The van der Waals surface area contributed by atoms with E-state index >= 15 is 0 Å². The second kappa shape index (κ2) is 6.41. The minimum Gasteiger partial charge on any atom is -0.351 e. The highest BCUT2D eigenvalue weighted by Gasteiger charge is 2.20. The van der Waals surface area contributed by atoms with Crippen molar-refractivity contribution in [2.75, 3.05) is 20.1 Å². The minimum absolute atomic E-state index is 0.0583. The molecule has 3 nitrogen and oxygen atoms in total. The second-order valence-electron chi connectivity index (χ2n) is 5.34. The number of carbonyl (C=O) groups excluding carboxylic acids is 1. The number of carbonyl (C=O) groups is 1. The van der Waals surface area contributed by atoms with Gasteiger partial charge in [-0.3, -0.25) is 4.79 Å². The summed E-state index contributed by atoms with van der Waals surface area (Å²) in [4.78, 5) is 14.3. The van der Waals surface area contributed by atoms with Crippen LogP contribution in [0.15, 0.2) is 30.3 Å². The number of aryl methyl sites for hydroxylation is 2. The van der Waals surface area contributed by atoms with Crippen molar-refractivity contribution in [3.63, 3.8) is 0 Å². The fraction of sp³-hybridized carbons (Fsp3) is 0.353. The van der Waals surface area contributed by atoms with Gasteiger partial charge in [-0.1, -0.05) is 24.3 Å². The summed E-state index contributed by atoms with van der Waals surface area (Å²) in [6.45, 7) is 1.65. The average molecular weight is 300 g/mol. The highest BCUT2D eigenvalue weighted by Crippen LogP contribution is 2.39. The molecule has 0 aliphatic heterocycles. The van der Waals surface area contributed by atoms with Crippen molar-refractivity contribution in [3.05, 3.63) is 46.3 Å². The summed E-state index contributed by atoms with van der Waals surface area (Å²) in [6.07, 6.45) is 3.06. The van der Waals surface area contributed by atoms with Gasteiger partial charge in [0.2, 0.25) is 0 Å². The number of amides is 1. The van der Waals surface area contributed by atoms with E-state index < -0.39 is 0 Å². The summed E-state index contributed by atoms with van der Waals surface area (Å²) in [7, 11) is 1.92. The van der Waals surface area contributed by atoms with E-state index in [-0.39, 0.29) is 5.91 Å². The molecule has 0 fully saturated rings. The third-order valence-electron chi connectivity index (χ3n) is 3.85. The Bertz CT molecular complexity index is 648. The van der Waals surface area contributed by atoms with E-state index in [1.807, 2.05) is 7.05 Å². The normalized spacial score (nSPS) is 12.6. The summed E-state index contributed by atoms with van der Waals surface area (Å²) >= 11 is 1.62. The van der Waals surface area contributed by atoms with Crippen molar-refractivity contribution in [1.82, 2.24) is 10.6 Å². The standard InChI is InChI=1S/C17H20N2OS/c1-18-9-4-10-19-17(20)15-11-13-8-7-12-5-2-3-6-14(12)16(13)21-15/h2-3,5-6,11,18H,4,7-10H2,1H3,(H,19,20). The van der Waals surface area contributed by atoms with Gasteiger partial charge in [-0.05, 0) is 55.6 Å². The van der Waals surface area contributed by atoms with Crippen molar-refractivity contribution in [3.8, 4) is 10.4 Å². The van der Waals surface area contributed by atoms with Gasteiger partial charge in [0, 0.05) is 11.4 Å². The number of thiophene rings is 1. The summed E-state index contributed by atoms with van der Waals surface area (Å²) in [5, 5.41) is 6.08. The van der Waals surface area contributed by atoms with Crippen molar-refractivity contribution in [2.45, 2.75) is 19.3 Å². The van der Waals surface area contributed by atoms with Gasteiger partial charge < -0.3 is 10.6 Å². The molecule has 0 spiro atoms. The largest absolute Gasteiger partial charge is 0.351 e. The first-order valence-corrected chi connectivity index (χ1v) is 8.25. The molecule has 0 saturated carbocycles. The molecule has 2 aromatic rings. The molecule has 1 aliphatic carbocycles. The van der Waals surface area contributed by atoms with Gasteiger partial charge in [-0.15, -0.1) is 11.3 Å². The third-order valence-corrected chi connectivity index (χ3v) is 5.06. The lowest BCUT2D eigenvalue weighted by atomic mass is 9.91. The monoisotopic (exact) mass is 300 g/mol. The van der Waals surface area contributed by atoms with E-state index in [0.717, 1.165) is 37.2 Å². The maximum atomic E-state index is 12.2. The van der Waals surface area contributed by atoms with Crippen molar-refractivity contribution < 1.29 is 4.79 Å². The van der Waals surface area contributed by atoms with E-state index in [4.69, 9.17) is 0 Å². The van der Waals surface area contributed by atoms with Crippen LogP contribution < -0.4 is 10.6 Å². The fourth-order valence-electron chi connectivity index (χ4n) is 2.74. The predicted octanol–water partition coefficient (Wildman–Crippen LogP) is 2.85. The van der Waals surface area contributed by atoms with Crippen molar-refractivity contribution in [1.29, 1.82) is 0 Å². The Hall–Kier alpha value is -1.65. The third kappa shape index (κ3) is 3.01. The molecule has 1 aromatic carbocycles. The van der Waals surface area contributed by atoms with Gasteiger partial charge >= 0.3 is 0 Å². The lowest BCUT2D eigenvalue weighted by Gasteiger charge is -2.15. The molecule has 1 heterocycles. The van der Waals surface area contributed by atoms with Gasteiger partial charge in [-0.2, -0.15) is 0 Å². The van der Waals surface area contributed by atoms with E-state index in [9.17, 15) is 4.79 Å². The van der Waals surface area contributed by atoms with E-state index in [1.54, 1.807) is 11.3 Å². The molecule has 0 bridgehead atoms. The Morgan fingerprint density at radius 2 is 2.00 bits per heavy atom. The fourth-order valence-corrected chi connectivity index (χ4v) is 3.92. The smallest absolute Gasteiger partial charge is 0.261 e. The zero-order valence-corrected chi connectivity index (χ0v) is 13.1. The molecule has 1 amide bonds. The Balaban J connectivity index is 1.76. The zero-order chi connectivity index (χ0) is 14.7. The predicted molar refractivity (Wildman–Crippen MR) is 88.0 cm³/mol. The summed E-state index contributed by atoms with van der Waals surface area (Å²) in [5.41, 5.74) is 4.02. The maximum Gasteiger partial charge on any atom is 0.261 e. The van der Waals surface area contributed by atoms with Gasteiger partial charge in [0.15, 0.2) is 0 Å². The van der Waals surface area contributed by atoms with Crippen LogP contribution in [0.4, 0.5) is 0 Å². The van der Waals surface area contributed by atoms with Gasteiger partial charge in [0.05, 0.1) is 4.88 Å². The van der Waals surface area contributed by atoms with Crippen LogP contribution in [-0.2, 0) is 12.8 Å². The topological polar surface area (TPSA) is 41.1 Å². The van der Waals surface area contributed by atoms with Crippen molar-refractivity contribution in [2.24, 2.45) is 0 Å². The number of benzene rings is 1. The SMILES string of the molecule is CNCCCNC(=O)c1cc2c(s1)-c1ccccc1CC2. The lowest BCUT2D eigenvalue weighted by Crippen LogP contribution is -2.25. The molecule has 0 atom stereocenters. The van der Waals surface area contributed by atoms with Gasteiger partial charge in [-0.25, -0.2) is 0 Å².